The molecule has 0 fully saturated rings. The summed E-state index contributed by atoms with van der Waals surface area (Å²) in [5, 5.41) is 2.86. The molecule has 1 N–H and O–H groups in total. The highest BCUT2D eigenvalue weighted by molar-refractivity contribution is 5.94. The summed E-state index contributed by atoms with van der Waals surface area (Å²) in [6.07, 6.45) is 1.92. The van der Waals surface area contributed by atoms with Gasteiger partial charge in [0.05, 0.1) is 18.5 Å². The van der Waals surface area contributed by atoms with Gasteiger partial charge in [0.2, 0.25) is 5.91 Å². The van der Waals surface area contributed by atoms with Crippen molar-refractivity contribution in [2.75, 3.05) is 12.4 Å². The first-order chi connectivity index (χ1) is 12.2. The number of aromatic nitrogens is 2. The highest BCUT2D eigenvalue weighted by atomic mass is 19.1. The molecule has 1 amide bonds. The largest absolute Gasteiger partial charge is 0.497 e. The van der Waals surface area contributed by atoms with Gasteiger partial charge in [-0.25, -0.2) is 9.37 Å². The van der Waals surface area contributed by atoms with Gasteiger partial charge in [0, 0.05) is 12.3 Å². The molecule has 5 nitrogen and oxygen atoms in total. The Morgan fingerprint density at radius 2 is 2.08 bits per heavy atom. The second-order valence-corrected chi connectivity index (χ2v) is 5.91. The lowest BCUT2D eigenvalue weighted by Crippen LogP contribution is -2.24. The molecule has 0 radical (unpaired) electrons. The van der Waals surface area contributed by atoms with Crippen molar-refractivity contribution < 1.29 is 13.9 Å². The third kappa shape index (κ3) is 2.76. The molecule has 1 unspecified atom stereocenters. The molecule has 4 rings (SSSR count). The van der Waals surface area contributed by atoms with Crippen LogP contribution >= 0.6 is 0 Å². The standard InChI is InChI=1S/C19H16FN3O2/c1-25-15-7-2-4-12(8-15)16-10-17(24)22-19-18(16)21-11-23(19)14-6-3-5-13(20)9-14/h2-9,11,16H,10H2,1H3,(H,22,24). The van der Waals surface area contributed by atoms with E-state index in [1.807, 2.05) is 24.3 Å². The van der Waals surface area contributed by atoms with Crippen LogP contribution in [-0.4, -0.2) is 22.6 Å². The summed E-state index contributed by atoms with van der Waals surface area (Å²) in [6, 6.07) is 13.8. The van der Waals surface area contributed by atoms with E-state index in [0.717, 1.165) is 17.0 Å². The van der Waals surface area contributed by atoms with E-state index in [9.17, 15) is 9.18 Å². The fourth-order valence-electron chi connectivity index (χ4n) is 3.16. The number of nitrogens with zero attached hydrogens (tertiary/aromatic N) is 2. The van der Waals surface area contributed by atoms with Crippen LogP contribution < -0.4 is 10.1 Å². The van der Waals surface area contributed by atoms with Gasteiger partial charge in [0.1, 0.15) is 23.7 Å². The number of anilines is 1. The number of imidazole rings is 1. The molecule has 6 heteroatoms. The number of amides is 1. The minimum atomic E-state index is -0.341. The van der Waals surface area contributed by atoms with Crippen LogP contribution in [0.2, 0.25) is 0 Å². The van der Waals surface area contributed by atoms with E-state index < -0.39 is 0 Å². The summed E-state index contributed by atoms with van der Waals surface area (Å²) >= 11 is 0. The average Bonchev–Trinajstić information content (AvgIpc) is 3.04. The highest BCUT2D eigenvalue weighted by Crippen LogP contribution is 2.38. The number of fused-ring (bicyclic) bond motifs is 1. The van der Waals surface area contributed by atoms with Crippen LogP contribution in [0.5, 0.6) is 5.75 Å². The summed E-state index contributed by atoms with van der Waals surface area (Å²) < 4.78 is 20.5. The molecule has 0 saturated heterocycles. The van der Waals surface area contributed by atoms with E-state index in [-0.39, 0.29) is 17.6 Å². The molecule has 1 atom stereocenters. The lowest BCUT2D eigenvalue weighted by Gasteiger charge is -2.23. The van der Waals surface area contributed by atoms with Crippen molar-refractivity contribution in [3.05, 3.63) is 71.9 Å². The van der Waals surface area contributed by atoms with Crippen LogP contribution in [-0.2, 0) is 4.79 Å². The fourth-order valence-corrected chi connectivity index (χ4v) is 3.16. The Hall–Kier alpha value is -3.15. The zero-order chi connectivity index (χ0) is 17.4. The van der Waals surface area contributed by atoms with Gasteiger partial charge in [0.25, 0.3) is 0 Å². The molecule has 3 aromatic rings. The molecule has 1 aliphatic rings. The molecule has 0 saturated carbocycles. The summed E-state index contributed by atoms with van der Waals surface area (Å²) in [4.78, 5) is 16.8. The van der Waals surface area contributed by atoms with Crippen molar-refractivity contribution in [1.29, 1.82) is 0 Å². The van der Waals surface area contributed by atoms with Crippen molar-refractivity contribution in [2.45, 2.75) is 12.3 Å². The molecule has 126 valence electrons. The summed E-state index contributed by atoms with van der Waals surface area (Å²) in [5.41, 5.74) is 2.33. The molecule has 25 heavy (non-hydrogen) atoms. The van der Waals surface area contributed by atoms with E-state index in [2.05, 4.69) is 10.3 Å². The van der Waals surface area contributed by atoms with E-state index >= 15 is 0 Å². The van der Waals surface area contributed by atoms with Gasteiger partial charge in [-0.2, -0.15) is 0 Å². The van der Waals surface area contributed by atoms with Gasteiger partial charge in [-0.3, -0.25) is 9.36 Å². The van der Waals surface area contributed by atoms with E-state index in [1.54, 1.807) is 30.1 Å². The molecule has 1 aromatic heterocycles. The number of hydrogen-bond donors (Lipinski definition) is 1. The zero-order valence-electron chi connectivity index (χ0n) is 13.6. The monoisotopic (exact) mass is 337 g/mol. The quantitative estimate of drug-likeness (QED) is 0.796. The summed E-state index contributed by atoms with van der Waals surface area (Å²) in [6.45, 7) is 0. The smallest absolute Gasteiger partial charge is 0.226 e. The lowest BCUT2D eigenvalue weighted by atomic mass is 9.89. The average molecular weight is 337 g/mol. The lowest BCUT2D eigenvalue weighted by molar-refractivity contribution is -0.116. The third-order valence-corrected chi connectivity index (χ3v) is 4.36. The maximum Gasteiger partial charge on any atom is 0.226 e. The van der Waals surface area contributed by atoms with E-state index in [1.165, 1.54) is 12.1 Å². The number of methoxy groups -OCH3 is 1. The fraction of sp³-hybridized carbons (Fsp3) is 0.158. The van der Waals surface area contributed by atoms with Crippen LogP contribution in [0.25, 0.3) is 5.69 Å². The number of halogens is 1. The SMILES string of the molecule is COc1cccc(C2CC(=O)Nc3c2ncn3-c2cccc(F)c2)c1. The maximum atomic E-state index is 13.6. The van der Waals surface area contributed by atoms with Crippen LogP contribution in [0.1, 0.15) is 23.6 Å². The second-order valence-electron chi connectivity index (χ2n) is 5.91. The minimum Gasteiger partial charge on any atom is -0.497 e. The summed E-state index contributed by atoms with van der Waals surface area (Å²) in [5.74, 6) is 0.697. The Labute approximate surface area is 144 Å². The van der Waals surface area contributed by atoms with E-state index in [4.69, 9.17) is 4.74 Å². The second kappa shape index (κ2) is 6.05. The third-order valence-electron chi connectivity index (χ3n) is 4.36. The van der Waals surface area contributed by atoms with Crippen molar-refractivity contribution in [2.24, 2.45) is 0 Å². The molecular formula is C19H16FN3O2. The van der Waals surface area contributed by atoms with Gasteiger partial charge < -0.3 is 10.1 Å². The Bertz CT molecular complexity index is 951. The van der Waals surface area contributed by atoms with Crippen molar-refractivity contribution >= 4 is 11.7 Å². The Morgan fingerprint density at radius 3 is 2.88 bits per heavy atom. The topological polar surface area (TPSA) is 56.1 Å². The van der Waals surface area contributed by atoms with Gasteiger partial charge in [0.15, 0.2) is 0 Å². The minimum absolute atomic E-state index is 0.0986. The molecule has 0 spiro atoms. The zero-order valence-corrected chi connectivity index (χ0v) is 13.6. The highest BCUT2D eigenvalue weighted by Gasteiger charge is 2.31. The van der Waals surface area contributed by atoms with Gasteiger partial charge in [-0.05, 0) is 35.9 Å². The van der Waals surface area contributed by atoms with Crippen molar-refractivity contribution in [3.8, 4) is 11.4 Å². The van der Waals surface area contributed by atoms with Gasteiger partial charge in [-0.1, -0.05) is 18.2 Å². The molecule has 0 bridgehead atoms. The Kier molecular flexibility index (Phi) is 3.72. The van der Waals surface area contributed by atoms with Crippen LogP contribution in [0.3, 0.4) is 0 Å². The molecule has 0 aliphatic carbocycles. The van der Waals surface area contributed by atoms with Gasteiger partial charge >= 0.3 is 0 Å². The van der Waals surface area contributed by atoms with Gasteiger partial charge in [-0.15, -0.1) is 0 Å². The summed E-state index contributed by atoms with van der Waals surface area (Å²) in [7, 11) is 1.61. The number of rotatable bonds is 3. The number of benzene rings is 2. The maximum absolute atomic E-state index is 13.6. The number of carbonyl (C=O) groups is 1. The first kappa shape index (κ1) is 15.4. The molecule has 2 heterocycles. The first-order valence-electron chi connectivity index (χ1n) is 7.92. The number of nitrogens with one attached hydrogen (secondary N) is 1. The Balaban J connectivity index is 1.81. The van der Waals surface area contributed by atoms with Crippen molar-refractivity contribution in [1.82, 2.24) is 9.55 Å². The normalized spacial score (nSPS) is 16.2. The number of hydrogen-bond acceptors (Lipinski definition) is 3. The molecule has 1 aliphatic heterocycles. The number of carbonyl (C=O) groups excluding carboxylic acids is 1. The van der Waals surface area contributed by atoms with Crippen molar-refractivity contribution in [3.63, 3.8) is 0 Å². The Morgan fingerprint density at radius 1 is 1.24 bits per heavy atom. The van der Waals surface area contributed by atoms with Crippen LogP contribution in [0, 0.1) is 5.82 Å². The van der Waals surface area contributed by atoms with Crippen LogP contribution in [0.15, 0.2) is 54.9 Å². The first-order valence-corrected chi connectivity index (χ1v) is 7.92. The van der Waals surface area contributed by atoms with E-state index in [0.29, 0.717) is 17.9 Å². The number of ether oxygens (including phenoxy) is 1. The molecular weight excluding hydrogens is 321 g/mol. The predicted octanol–water partition coefficient (Wildman–Crippen LogP) is 3.49. The predicted molar refractivity (Wildman–Crippen MR) is 91.6 cm³/mol. The molecule has 2 aromatic carbocycles. The van der Waals surface area contributed by atoms with Crippen LogP contribution in [0.4, 0.5) is 10.2 Å².